The first-order valence-electron chi connectivity index (χ1n) is 9.63. The van der Waals surface area contributed by atoms with Gasteiger partial charge in [-0.25, -0.2) is 8.42 Å². The molecule has 3 aromatic carbocycles. The molecule has 4 rings (SSSR count). The molecule has 0 saturated heterocycles. The van der Waals surface area contributed by atoms with Gasteiger partial charge >= 0.3 is 0 Å². The first kappa shape index (κ1) is 22.3. The molecule has 0 spiro atoms. The number of sulfonamides is 1. The summed E-state index contributed by atoms with van der Waals surface area (Å²) in [7, 11) is -4.20. The molecule has 0 aromatic heterocycles. The van der Waals surface area contributed by atoms with Gasteiger partial charge in [-0.2, -0.15) is 0 Å². The normalized spacial score (nSPS) is 14.6. The molecule has 0 fully saturated rings. The Hall–Kier alpha value is -2.87. The molecule has 0 atom stereocenters. The predicted molar refractivity (Wildman–Crippen MR) is 133 cm³/mol. The predicted octanol–water partition coefficient (Wildman–Crippen LogP) is 5.84. The fourth-order valence-electron chi connectivity index (χ4n) is 3.61. The molecule has 0 unspecified atom stereocenters. The third-order valence-electron chi connectivity index (χ3n) is 4.92. The van der Waals surface area contributed by atoms with Crippen LogP contribution >= 0.6 is 27.5 Å². The number of fused-ring (bicyclic) bond motifs is 1. The number of nitrogens with zero attached hydrogens (tertiary/aromatic N) is 1. The fraction of sp³-hybridized carbons (Fsp3) is 0.0417. The van der Waals surface area contributed by atoms with Crippen molar-refractivity contribution in [2.75, 3.05) is 16.2 Å². The zero-order valence-corrected chi connectivity index (χ0v) is 19.9. The van der Waals surface area contributed by atoms with E-state index < -0.39 is 15.9 Å². The van der Waals surface area contributed by atoms with Crippen LogP contribution in [-0.4, -0.2) is 20.9 Å². The Labute approximate surface area is 200 Å². The Morgan fingerprint density at radius 1 is 1.06 bits per heavy atom. The van der Waals surface area contributed by atoms with Crippen molar-refractivity contribution in [2.45, 2.75) is 0 Å². The van der Waals surface area contributed by atoms with Crippen molar-refractivity contribution in [3.05, 3.63) is 111 Å². The van der Waals surface area contributed by atoms with Gasteiger partial charge in [0.2, 0.25) is 0 Å². The number of benzene rings is 3. The van der Waals surface area contributed by atoms with E-state index in [1.165, 1.54) is 10.4 Å². The number of anilines is 2. The minimum atomic E-state index is -4.20. The van der Waals surface area contributed by atoms with Gasteiger partial charge in [0.15, 0.2) is 4.91 Å². The molecule has 3 aromatic rings. The van der Waals surface area contributed by atoms with Gasteiger partial charge in [0.25, 0.3) is 15.9 Å². The standard InChI is InChI=1S/C24H18BrClN2O3S/c1-2-13-28-21-12-11-18(26)15-20(21)22(16-7-4-3-5-8-16)23(32(28,30)31)24(29)27-19-10-6-9-17(25)14-19/h2-12,14-15H,1,13H2,(H,27,29). The number of amides is 1. The van der Waals surface area contributed by atoms with E-state index in [0.29, 0.717) is 33.1 Å². The Morgan fingerprint density at radius 2 is 1.81 bits per heavy atom. The van der Waals surface area contributed by atoms with Gasteiger partial charge in [0.1, 0.15) is 0 Å². The minimum absolute atomic E-state index is 0.00665. The van der Waals surface area contributed by atoms with Crippen LogP contribution in [0.15, 0.2) is 94.8 Å². The average Bonchev–Trinajstić information content (AvgIpc) is 2.75. The van der Waals surface area contributed by atoms with Crippen LogP contribution < -0.4 is 9.62 Å². The van der Waals surface area contributed by atoms with E-state index in [4.69, 9.17) is 11.6 Å². The number of carbonyl (C=O) groups is 1. The van der Waals surface area contributed by atoms with Crippen LogP contribution in [0.25, 0.3) is 5.57 Å². The maximum absolute atomic E-state index is 13.8. The Morgan fingerprint density at radius 3 is 2.50 bits per heavy atom. The molecule has 1 heterocycles. The lowest BCUT2D eigenvalue weighted by molar-refractivity contribution is -0.112. The second-order valence-corrected chi connectivity index (χ2v) is 10.2. The highest BCUT2D eigenvalue weighted by Crippen LogP contribution is 2.44. The highest BCUT2D eigenvalue weighted by molar-refractivity contribution is 9.10. The van der Waals surface area contributed by atoms with E-state index in [1.807, 2.05) is 12.1 Å². The summed E-state index contributed by atoms with van der Waals surface area (Å²) < 4.78 is 29.4. The lowest BCUT2D eigenvalue weighted by Gasteiger charge is -2.33. The summed E-state index contributed by atoms with van der Waals surface area (Å²) in [5.41, 5.74) is 2.35. The number of rotatable bonds is 5. The summed E-state index contributed by atoms with van der Waals surface area (Å²) in [5, 5.41) is 3.16. The molecule has 0 aliphatic carbocycles. The SMILES string of the molecule is C=CCN1c2ccc(Cl)cc2C(c2ccccc2)=C(C(=O)Nc2cccc(Br)c2)S1(=O)=O. The van der Waals surface area contributed by atoms with Gasteiger partial charge in [-0.15, -0.1) is 6.58 Å². The molecule has 1 aliphatic rings. The lowest BCUT2D eigenvalue weighted by atomic mass is 9.95. The zero-order valence-electron chi connectivity index (χ0n) is 16.8. The van der Waals surface area contributed by atoms with Crippen LogP contribution in [0, 0.1) is 0 Å². The largest absolute Gasteiger partial charge is 0.321 e. The monoisotopic (exact) mass is 528 g/mol. The molecule has 1 amide bonds. The van der Waals surface area contributed by atoms with Gasteiger partial charge in [-0.05, 0) is 42.0 Å². The molecule has 1 N–H and O–H groups in total. The highest BCUT2D eigenvalue weighted by Gasteiger charge is 2.41. The molecular formula is C24H18BrClN2O3S. The summed E-state index contributed by atoms with van der Waals surface area (Å²) in [4.78, 5) is 13.1. The molecule has 162 valence electrons. The Bertz CT molecular complexity index is 1350. The van der Waals surface area contributed by atoms with Gasteiger partial charge in [0, 0.05) is 26.3 Å². The third-order valence-corrected chi connectivity index (χ3v) is 7.48. The smallest absolute Gasteiger partial charge is 0.270 e. The van der Waals surface area contributed by atoms with E-state index in [2.05, 4.69) is 27.8 Å². The van der Waals surface area contributed by atoms with E-state index in [-0.39, 0.29) is 11.4 Å². The van der Waals surface area contributed by atoms with Crippen LogP contribution in [0.5, 0.6) is 0 Å². The molecule has 0 radical (unpaired) electrons. The summed E-state index contributed by atoms with van der Waals surface area (Å²) in [6.07, 6.45) is 1.48. The number of carbonyl (C=O) groups excluding carboxylic acids is 1. The van der Waals surface area contributed by atoms with Crippen LogP contribution in [0.3, 0.4) is 0 Å². The van der Waals surface area contributed by atoms with Gasteiger partial charge in [-0.3, -0.25) is 9.10 Å². The third kappa shape index (κ3) is 4.11. The molecule has 1 aliphatic heterocycles. The topological polar surface area (TPSA) is 66.5 Å². The Kier molecular flexibility index (Phi) is 6.24. The summed E-state index contributed by atoms with van der Waals surface area (Å²) in [5.74, 6) is -0.735. The van der Waals surface area contributed by atoms with Crippen molar-refractivity contribution < 1.29 is 13.2 Å². The van der Waals surface area contributed by atoms with Crippen LogP contribution in [0.4, 0.5) is 11.4 Å². The van der Waals surface area contributed by atoms with Crippen molar-refractivity contribution in [3.63, 3.8) is 0 Å². The van der Waals surface area contributed by atoms with E-state index in [9.17, 15) is 13.2 Å². The molecule has 8 heteroatoms. The van der Waals surface area contributed by atoms with Crippen LogP contribution in [-0.2, 0) is 14.8 Å². The maximum atomic E-state index is 13.8. The highest BCUT2D eigenvalue weighted by atomic mass is 79.9. The van der Waals surface area contributed by atoms with Crippen LogP contribution in [0.2, 0.25) is 5.02 Å². The van der Waals surface area contributed by atoms with Crippen molar-refractivity contribution in [2.24, 2.45) is 0 Å². The molecular weight excluding hydrogens is 512 g/mol. The first-order chi connectivity index (χ1) is 15.3. The van der Waals surface area contributed by atoms with Crippen molar-refractivity contribution in [1.82, 2.24) is 0 Å². The number of hydrogen-bond donors (Lipinski definition) is 1. The second-order valence-electron chi connectivity index (χ2n) is 7.02. The van der Waals surface area contributed by atoms with Gasteiger partial charge in [0.05, 0.1) is 12.2 Å². The zero-order chi connectivity index (χ0) is 22.9. The summed E-state index contributed by atoms with van der Waals surface area (Å²) in [6, 6.07) is 20.8. The molecule has 0 saturated carbocycles. The molecule has 5 nitrogen and oxygen atoms in total. The van der Waals surface area contributed by atoms with Crippen molar-refractivity contribution >= 4 is 60.4 Å². The maximum Gasteiger partial charge on any atom is 0.270 e. The average molecular weight is 530 g/mol. The minimum Gasteiger partial charge on any atom is -0.321 e. The van der Waals surface area contributed by atoms with Gasteiger partial charge in [-0.1, -0.05) is 70.0 Å². The second kappa shape index (κ2) is 8.94. The van der Waals surface area contributed by atoms with Crippen molar-refractivity contribution in [1.29, 1.82) is 0 Å². The summed E-state index contributed by atoms with van der Waals surface area (Å²) >= 11 is 9.65. The summed E-state index contributed by atoms with van der Waals surface area (Å²) in [6.45, 7) is 3.69. The van der Waals surface area contributed by atoms with E-state index in [0.717, 1.165) is 4.47 Å². The Balaban J connectivity index is 2.01. The van der Waals surface area contributed by atoms with Gasteiger partial charge < -0.3 is 5.32 Å². The van der Waals surface area contributed by atoms with Crippen molar-refractivity contribution in [3.8, 4) is 0 Å². The molecule has 0 bridgehead atoms. The van der Waals surface area contributed by atoms with E-state index in [1.54, 1.807) is 60.7 Å². The first-order valence-corrected chi connectivity index (χ1v) is 12.2. The lowest BCUT2D eigenvalue weighted by Crippen LogP contribution is -2.39. The molecule has 32 heavy (non-hydrogen) atoms. The number of halogens is 2. The number of nitrogens with one attached hydrogen (secondary N) is 1. The van der Waals surface area contributed by atoms with E-state index >= 15 is 0 Å². The quantitative estimate of drug-likeness (QED) is 0.423. The fourth-order valence-corrected chi connectivity index (χ4v) is 5.89. The van der Waals surface area contributed by atoms with Crippen LogP contribution in [0.1, 0.15) is 11.1 Å². The number of hydrogen-bond acceptors (Lipinski definition) is 3.